The predicted molar refractivity (Wildman–Crippen MR) is 119 cm³/mol. The predicted octanol–water partition coefficient (Wildman–Crippen LogP) is 2.01. The minimum atomic E-state index is -3.71. The molecule has 0 unspecified atom stereocenters. The van der Waals surface area contributed by atoms with Crippen LogP contribution in [-0.2, 0) is 32.5 Å². The van der Waals surface area contributed by atoms with Crippen molar-refractivity contribution in [3.05, 3.63) is 65.7 Å². The maximum atomic E-state index is 12.5. The van der Waals surface area contributed by atoms with Gasteiger partial charge in [0.2, 0.25) is 21.8 Å². The third-order valence-electron chi connectivity index (χ3n) is 5.58. The number of likely N-dealkylation sites (tertiary alicyclic amines) is 1. The zero-order valence-electron chi connectivity index (χ0n) is 17.5. The molecular weight excluding hydrogens is 414 g/mol. The number of carbonyl (C=O) groups is 2. The van der Waals surface area contributed by atoms with E-state index >= 15 is 0 Å². The number of sulfonamides is 1. The van der Waals surface area contributed by atoms with Gasteiger partial charge in [0.05, 0.1) is 4.90 Å². The first-order valence-corrected chi connectivity index (χ1v) is 12.1. The summed E-state index contributed by atoms with van der Waals surface area (Å²) in [6.07, 6.45) is 3.61. The molecule has 31 heavy (non-hydrogen) atoms. The minimum Gasteiger partial charge on any atom is -0.353 e. The van der Waals surface area contributed by atoms with Crippen LogP contribution in [0.2, 0.25) is 0 Å². The fourth-order valence-electron chi connectivity index (χ4n) is 3.73. The summed E-state index contributed by atoms with van der Waals surface area (Å²) in [5.41, 5.74) is 2.04. The van der Waals surface area contributed by atoms with E-state index in [0.29, 0.717) is 32.4 Å². The Morgan fingerprint density at radius 3 is 2.10 bits per heavy atom. The Hall–Kier alpha value is -2.71. The summed E-state index contributed by atoms with van der Waals surface area (Å²) in [6, 6.07) is 16.3. The highest BCUT2D eigenvalue weighted by atomic mass is 32.2. The van der Waals surface area contributed by atoms with E-state index < -0.39 is 10.0 Å². The average molecular weight is 444 g/mol. The molecule has 0 bridgehead atoms. The molecule has 0 radical (unpaired) electrons. The Labute approximate surface area is 183 Å². The molecule has 7 nitrogen and oxygen atoms in total. The Morgan fingerprint density at radius 1 is 0.903 bits per heavy atom. The number of aryl methyl sites for hydroxylation is 2. The number of amides is 2. The summed E-state index contributed by atoms with van der Waals surface area (Å²) in [7, 11) is -3.71. The van der Waals surface area contributed by atoms with Crippen molar-refractivity contribution in [2.45, 2.75) is 49.5 Å². The van der Waals surface area contributed by atoms with Gasteiger partial charge in [-0.1, -0.05) is 42.5 Å². The van der Waals surface area contributed by atoms with Gasteiger partial charge in [-0.15, -0.1) is 0 Å². The van der Waals surface area contributed by atoms with Crippen LogP contribution < -0.4 is 10.5 Å². The molecule has 1 fully saturated rings. The van der Waals surface area contributed by atoms with Gasteiger partial charge in [0, 0.05) is 32.0 Å². The lowest BCUT2D eigenvalue weighted by Gasteiger charge is -2.32. The smallest absolute Gasteiger partial charge is 0.238 e. The van der Waals surface area contributed by atoms with Gasteiger partial charge >= 0.3 is 0 Å². The van der Waals surface area contributed by atoms with Crippen LogP contribution in [0.1, 0.15) is 36.8 Å². The summed E-state index contributed by atoms with van der Waals surface area (Å²) in [6.45, 7) is 1.26. The summed E-state index contributed by atoms with van der Waals surface area (Å²) in [4.78, 5) is 26.6. The maximum absolute atomic E-state index is 12.5. The van der Waals surface area contributed by atoms with Crippen LogP contribution in [-0.4, -0.2) is 44.3 Å². The Balaban J connectivity index is 1.37. The molecule has 0 atom stereocenters. The van der Waals surface area contributed by atoms with E-state index in [-0.39, 0.29) is 22.8 Å². The lowest BCUT2D eigenvalue weighted by Crippen LogP contribution is -2.46. The number of hydrogen-bond acceptors (Lipinski definition) is 4. The van der Waals surface area contributed by atoms with Gasteiger partial charge < -0.3 is 10.2 Å². The average Bonchev–Trinajstić information content (AvgIpc) is 2.77. The largest absolute Gasteiger partial charge is 0.353 e. The normalized spacial score (nSPS) is 14.9. The van der Waals surface area contributed by atoms with Crippen molar-refractivity contribution < 1.29 is 18.0 Å². The Bertz CT molecular complexity index is 983. The molecule has 0 aromatic heterocycles. The fraction of sp³-hybridized carbons (Fsp3) is 0.391. The topological polar surface area (TPSA) is 110 Å². The molecule has 2 amide bonds. The molecule has 1 saturated heterocycles. The van der Waals surface area contributed by atoms with Crippen molar-refractivity contribution in [3.8, 4) is 0 Å². The van der Waals surface area contributed by atoms with Gasteiger partial charge in [0.15, 0.2) is 0 Å². The van der Waals surface area contributed by atoms with Crippen LogP contribution in [0.15, 0.2) is 59.5 Å². The monoisotopic (exact) mass is 443 g/mol. The summed E-state index contributed by atoms with van der Waals surface area (Å²) in [5, 5.41) is 8.18. The van der Waals surface area contributed by atoms with E-state index in [4.69, 9.17) is 5.14 Å². The first kappa shape index (κ1) is 23.0. The molecular formula is C23H29N3O4S. The molecule has 0 spiro atoms. The van der Waals surface area contributed by atoms with Crippen LogP contribution in [0.5, 0.6) is 0 Å². The van der Waals surface area contributed by atoms with Crippen molar-refractivity contribution >= 4 is 21.8 Å². The number of nitrogens with two attached hydrogens (primary N) is 1. The zero-order chi connectivity index (χ0) is 22.3. The quantitative estimate of drug-likeness (QED) is 0.650. The van der Waals surface area contributed by atoms with Crippen molar-refractivity contribution in [2.24, 2.45) is 5.14 Å². The van der Waals surface area contributed by atoms with Crippen LogP contribution >= 0.6 is 0 Å². The molecule has 166 valence electrons. The molecule has 1 heterocycles. The number of carbonyl (C=O) groups excluding carboxylic acids is 2. The van der Waals surface area contributed by atoms with Crippen molar-refractivity contribution in [1.29, 1.82) is 0 Å². The highest BCUT2D eigenvalue weighted by Crippen LogP contribution is 2.15. The van der Waals surface area contributed by atoms with Gasteiger partial charge in [-0.3, -0.25) is 9.59 Å². The van der Waals surface area contributed by atoms with E-state index in [0.717, 1.165) is 30.4 Å². The molecule has 8 heteroatoms. The molecule has 3 rings (SSSR count). The molecule has 2 aromatic carbocycles. The van der Waals surface area contributed by atoms with E-state index in [9.17, 15) is 18.0 Å². The number of piperidine rings is 1. The van der Waals surface area contributed by atoms with Crippen molar-refractivity contribution in [1.82, 2.24) is 10.2 Å². The first-order chi connectivity index (χ1) is 14.8. The van der Waals surface area contributed by atoms with Crippen LogP contribution in [0.4, 0.5) is 0 Å². The van der Waals surface area contributed by atoms with Crippen LogP contribution in [0.25, 0.3) is 0 Å². The highest BCUT2D eigenvalue weighted by Gasteiger charge is 2.23. The zero-order valence-corrected chi connectivity index (χ0v) is 18.3. The summed E-state index contributed by atoms with van der Waals surface area (Å²) >= 11 is 0. The number of rotatable bonds is 8. The number of nitrogens with zero attached hydrogens (tertiary/aromatic N) is 1. The minimum absolute atomic E-state index is 0.0524. The molecule has 3 N–H and O–H groups in total. The lowest BCUT2D eigenvalue weighted by atomic mass is 10.0. The van der Waals surface area contributed by atoms with Gasteiger partial charge in [0.25, 0.3) is 0 Å². The van der Waals surface area contributed by atoms with Gasteiger partial charge in [0.1, 0.15) is 0 Å². The number of benzene rings is 2. The molecule has 0 aliphatic carbocycles. The highest BCUT2D eigenvalue weighted by molar-refractivity contribution is 7.89. The Kier molecular flexibility index (Phi) is 7.81. The fourth-order valence-corrected chi connectivity index (χ4v) is 4.25. The lowest BCUT2D eigenvalue weighted by molar-refractivity contribution is -0.132. The van der Waals surface area contributed by atoms with Crippen molar-refractivity contribution in [3.63, 3.8) is 0 Å². The van der Waals surface area contributed by atoms with Crippen LogP contribution in [0.3, 0.4) is 0 Å². The van der Waals surface area contributed by atoms with Crippen molar-refractivity contribution in [2.75, 3.05) is 13.1 Å². The second-order valence-electron chi connectivity index (χ2n) is 7.90. The van der Waals surface area contributed by atoms with Gasteiger partial charge in [-0.25, -0.2) is 13.6 Å². The van der Waals surface area contributed by atoms with E-state index in [1.54, 1.807) is 12.1 Å². The second-order valence-corrected chi connectivity index (χ2v) is 9.46. The first-order valence-electron chi connectivity index (χ1n) is 10.5. The number of nitrogens with one attached hydrogen (secondary N) is 1. The standard InChI is InChI=1S/C23H29N3O4S/c24-31(29,30)21-10-6-19(7-11-21)9-13-23(28)26-16-14-20(15-17-26)25-22(27)12-8-18-4-2-1-3-5-18/h1-7,10-11,20H,8-9,12-17H2,(H,25,27)(H2,24,29,30). The van der Waals surface area contributed by atoms with E-state index in [1.807, 2.05) is 35.2 Å². The third kappa shape index (κ3) is 7.18. The van der Waals surface area contributed by atoms with E-state index in [1.165, 1.54) is 12.1 Å². The molecule has 2 aromatic rings. The summed E-state index contributed by atoms with van der Waals surface area (Å²) < 4.78 is 22.6. The summed E-state index contributed by atoms with van der Waals surface area (Å²) in [5.74, 6) is 0.126. The van der Waals surface area contributed by atoms with E-state index in [2.05, 4.69) is 5.32 Å². The maximum Gasteiger partial charge on any atom is 0.238 e. The van der Waals surface area contributed by atoms with Gasteiger partial charge in [-0.2, -0.15) is 0 Å². The number of hydrogen-bond donors (Lipinski definition) is 2. The third-order valence-corrected chi connectivity index (χ3v) is 6.50. The SMILES string of the molecule is NS(=O)(=O)c1ccc(CCC(=O)N2CCC(NC(=O)CCc3ccccc3)CC2)cc1. The molecule has 1 aliphatic rings. The number of primary sulfonamides is 1. The molecule has 1 aliphatic heterocycles. The van der Waals surface area contributed by atoms with Crippen LogP contribution in [0, 0.1) is 0 Å². The Morgan fingerprint density at radius 2 is 1.48 bits per heavy atom. The molecule has 0 saturated carbocycles. The second kappa shape index (κ2) is 10.5. The van der Waals surface area contributed by atoms with Gasteiger partial charge in [-0.05, 0) is 48.9 Å².